The fraction of sp³-hybridized carbons (Fsp3) is 0.118. The first-order valence-electron chi connectivity index (χ1n) is 8.15. The molecule has 0 unspecified atom stereocenters. The second-order valence-electron chi connectivity index (χ2n) is 5.90. The normalized spacial score (nSPS) is 15.7. The number of anilines is 1. The van der Waals surface area contributed by atoms with Crippen molar-refractivity contribution in [3.05, 3.63) is 40.9 Å². The summed E-state index contributed by atoms with van der Waals surface area (Å²) in [6.45, 7) is -0.177. The Morgan fingerprint density at radius 2 is 2.10 bits per heavy atom. The molecular formula is C17H13N3O7S2. The molecule has 2 aliphatic rings. The SMILES string of the molecule is O=C1C=C(N=CCc2cc(NS(=O)(=O)c3cccs3)c3c(c2O)OCO3)C(=O)N1. The minimum absolute atomic E-state index is 0.00721. The Bertz CT molecular complexity index is 1170. The molecule has 1 aromatic carbocycles. The highest BCUT2D eigenvalue weighted by Crippen LogP contribution is 2.48. The highest BCUT2D eigenvalue weighted by Gasteiger charge is 2.28. The number of nitrogens with one attached hydrogen (secondary N) is 2. The Kier molecular flexibility index (Phi) is 4.72. The number of phenolic OH excluding ortho intramolecular Hbond substituents is 1. The van der Waals surface area contributed by atoms with Crippen LogP contribution in [0.15, 0.2) is 44.6 Å². The number of sulfonamides is 1. The summed E-state index contributed by atoms with van der Waals surface area (Å²) in [5.41, 5.74) is 0.321. The summed E-state index contributed by atoms with van der Waals surface area (Å²) in [5, 5.41) is 14.1. The molecule has 0 saturated heterocycles. The standard InChI is InChI=1S/C17H13N3O7S2/c21-12-7-11(17(23)19-12)18-4-3-9-6-10(15-16(14(9)22)27-8-26-15)20-29(24,25)13-2-1-5-28-13/h1-2,4-7,20,22H,3,8H2,(H,19,21,23). The van der Waals surface area contributed by atoms with Crippen LogP contribution in [0.3, 0.4) is 0 Å². The lowest BCUT2D eigenvalue weighted by molar-refractivity contribution is -0.123. The van der Waals surface area contributed by atoms with E-state index in [4.69, 9.17) is 9.47 Å². The van der Waals surface area contributed by atoms with Crippen molar-refractivity contribution in [1.29, 1.82) is 0 Å². The summed E-state index contributed by atoms with van der Waals surface area (Å²) in [5.74, 6) is -1.33. The molecule has 2 amide bonds. The van der Waals surface area contributed by atoms with Crippen molar-refractivity contribution in [2.24, 2.45) is 4.99 Å². The third kappa shape index (κ3) is 3.67. The fourth-order valence-electron chi connectivity index (χ4n) is 2.69. The molecule has 12 heteroatoms. The van der Waals surface area contributed by atoms with E-state index >= 15 is 0 Å². The maximum atomic E-state index is 12.5. The van der Waals surface area contributed by atoms with Gasteiger partial charge in [0.25, 0.3) is 21.8 Å². The highest BCUT2D eigenvalue weighted by atomic mass is 32.2. The fourth-order valence-corrected chi connectivity index (χ4v) is 4.74. The minimum Gasteiger partial charge on any atom is -0.504 e. The molecule has 150 valence electrons. The number of carbonyl (C=O) groups excluding carboxylic acids is 2. The highest BCUT2D eigenvalue weighted by molar-refractivity contribution is 7.94. The lowest BCUT2D eigenvalue weighted by atomic mass is 10.1. The van der Waals surface area contributed by atoms with Crippen LogP contribution in [0.2, 0.25) is 0 Å². The van der Waals surface area contributed by atoms with Crippen LogP contribution >= 0.6 is 11.3 Å². The Labute approximate surface area is 168 Å². The number of imide groups is 1. The Hall–Kier alpha value is -3.38. The van der Waals surface area contributed by atoms with E-state index in [0.29, 0.717) is 0 Å². The van der Waals surface area contributed by atoms with Gasteiger partial charge in [-0.3, -0.25) is 24.6 Å². The smallest absolute Gasteiger partial charge is 0.276 e. The zero-order chi connectivity index (χ0) is 20.6. The van der Waals surface area contributed by atoms with Gasteiger partial charge in [0.2, 0.25) is 12.5 Å². The zero-order valence-corrected chi connectivity index (χ0v) is 16.2. The number of phenols is 1. The summed E-state index contributed by atoms with van der Waals surface area (Å²) in [6.07, 6.45) is 2.41. The summed E-state index contributed by atoms with van der Waals surface area (Å²) in [6, 6.07) is 4.47. The zero-order valence-electron chi connectivity index (χ0n) is 14.5. The molecular weight excluding hydrogens is 422 g/mol. The number of fused-ring (bicyclic) bond motifs is 1. The van der Waals surface area contributed by atoms with Gasteiger partial charge in [-0.25, -0.2) is 8.42 Å². The number of nitrogens with zero attached hydrogens (tertiary/aromatic N) is 1. The lowest BCUT2D eigenvalue weighted by Gasteiger charge is -2.12. The molecule has 0 aliphatic carbocycles. The van der Waals surface area contributed by atoms with Crippen LogP contribution < -0.4 is 19.5 Å². The molecule has 0 radical (unpaired) electrons. The van der Waals surface area contributed by atoms with Crippen LogP contribution in [-0.2, 0) is 26.0 Å². The van der Waals surface area contributed by atoms with Crippen molar-refractivity contribution >= 4 is 45.1 Å². The van der Waals surface area contributed by atoms with Gasteiger partial charge in [0, 0.05) is 24.3 Å². The van der Waals surface area contributed by atoms with E-state index in [0.717, 1.165) is 17.4 Å². The average molecular weight is 435 g/mol. The van der Waals surface area contributed by atoms with Crippen molar-refractivity contribution in [3.8, 4) is 17.2 Å². The van der Waals surface area contributed by atoms with Crippen molar-refractivity contribution in [3.63, 3.8) is 0 Å². The molecule has 0 spiro atoms. The molecule has 10 nitrogen and oxygen atoms in total. The van der Waals surface area contributed by atoms with Gasteiger partial charge < -0.3 is 14.6 Å². The maximum absolute atomic E-state index is 12.5. The number of amides is 2. The summed E-state index contributed by atoms with van der Waals surface area (Å²) in [7, 11) is -3.85. The van der Waals surface area contributed by atoms with Gasteiger partial charge >= 0.3 is 0 Å². The Balaban J connectivity index is 1.64. The number of rotatable bonds is 6. The molecule has 0 bridgehead atoms. The van der Waals surface area contributed by atoms with E-state index in [1.807, 2.05) is 0 Å². The van der Waals surface area contributed by atoms with Crippen LogP contribution in [0.25, 0.3) is 0 Å². The first kappa shape index (κ1) is 19.0. The largest absolute Gasteiger partial charge is 0.504 e. The van der Waals surface area contributed by atoms with Crippen molar-refractivity contribution < 1.29 is 32.6 Å². The summed E-state index contributed by atoms with van der Waals surface area (Å²) in [4.78, 5) is 26.5. The van der Waals surface area contributed by atoms with Crippen molar-refractivity contribution in [1.82, 2.24) is 5.32 Å². The van der Waals surface area contributed by atoms with Crippen LogP contribution in [0.1, 0.15) is 5.56 Å². The van der Waals surface area contributed by atoms with Gasteiger partial charge in [-0.15, -0.1) is 11.3 Å². The summed E-state index contributed by atoms with van der Waals surface area (Å²) >= 11 is 1.05. The molecule has 0 atom stereocenters. The number of carbonyl (C=O) groups is 2. The molecule has 3 N–H and O–H groups in total. The second-order valence-corrected chi connectivity index (χ2v) is 8.75. The Morgan fingerprint density at radius 1 is 1.31 bits per heavy atom. The van der Waals surface area contributed by atoms with E-state index < -0.39 is 21.8 Å². The van der Waals surface area contributed by atoms with Gasteiger partial charge in [0.05, 0.1) is 5.69 Å². The quantitative estimate of drug-likeness (QED) is 0.351. The number of ether oxygens (including phenoxy) is 2. The third-order valence-corrected chi connectivity index (χ3v) is 6.74. The molecule has 1 aromatic heterocycles. The number of benzene rings is 1. The molecule has 2 aliphatic heterocycles. The van der Waals surface area contributed by atoms with Gasteiger partial charge in [-0.2, -0.15) is 0 Å². The van der Waals surface area contributed by atoms with Crippen molar-refractivity contribution in [2.45, 2.75) is 10.6 Å². The second kappa shape index (κ2) is 7.22. The first-order chi connectivity index (χ1) is 13.8. The lowest BCUT2D eigenvalue weighted by Crippen LogP contribution is -2.21. The van der Waals surface area contributed by atoms with E-state index in [1.54, 1.807) is 11.4 Å². The predicted octanol–water partition coefficient (Wildman–Crippen LogP) is 1.14. The third-order valence-electron chi connectivity index (χ3n) is 3.98. The monoisotopic (exact) mass is 435 g/mol. The first-order valence-corrected chi connectivity index (χ1v) is 10.5. The van der Waals surface area contributed by atoms with Crippen molar-refractivity contribution in [2.75, 3.05) is 11.5 Å². The van der Waals surface area contributed by atoms with Crippen LogP contribution in [0.4, 0.5) is 5.69 Å². The molecule has 0 fully saturated rings. The number of thiophene rings is 1. The van der Waals surface area contributed by atoms with Gasteiger partial charge in [-0.1, -0.05) is 6.07 Å². The number of aromatic hydroxyl groups is 1. The predicted molar refractivity (Wildman–Crippen MR) is 103 cm³/mol. The average Bonchev–Trinajstić information content (AvgIpc) is 3.40. The minimum atomic E-state index is -3.85. The number of hydrogen-bond donors (Lipinski definition) is 3. The van der Waals surface area contributed by atoms with E-state index in [9.17, 15) is 23.1 Å². The Morgan fingerprint density at radius 3 is 2.79 bits per heavy atom. The molecule has 0 saturated carbocycles. The van der Waals surface area contributed by atoms with E-state index in [2.05, 4.69) is 15.0 Å². The number of aliphatic imine (C=N–C) groups is 1. The van der Waals surface area contributed by atoms with Crippen LogP contribution in [0.5, 0.6) is 17.2 Å². The van der Waals surface area contributed by atoms with Gasteiger partial charge in [0.15, 0.2) is 11.5 Å². The topological polar surface area (TPSA) is 143 Å². The van der Waals surface area contributed by atoms with Crippen LogP contribution in [-0.4, -0.2) is 38.3 Å². The van der Waals surface area contributed by atoms with Crippen LogP contribution in [0, 0.1) is 0 Å². The van der Waals surface area contributed by atoms with Gasteiger partial charge in [-0.05, 0) is 17.5 Å². The molecule has 3 heterocycles. The van der Waals surface area contributed by atoms with E-state index in [-0.39, 0.29) is 51.6 Å². The molecule has 4 rings (SSSR count). The van der Waals surface area contributed by atoms with Gasteiger partial charge in [0.1, 0.15) is 9.91 Å². The van der Waals surface area contributed by atoms with E-state index in [1.165, 1.54) is 18.3 Å². The molecule has 29 heavy (non-hydrogen) atoms. The number of hydrogen-bond acceptors (Lipinski definition) is 9. The maximum Gasteiger partial charge on any atom is 0.276 e. The molecule has 2 aromatic rings. The summed E-state index contributed by atoms with van der Waals surface area (Å²) < 4.78 is 38.2.